The Morgan fingerprint density at radius 1 is 1.03 bits per heavy atom. The van der Waals surface area contributed by atoms with Gasteiger partial charge in [0.15, 0.2) is 0 Å². The van der Waals surface area contributed by atoms with Gasteiger partial charge in [0.25, 0.3) is 0 Å². The molecule has 0 spiro atoms. The number of hydrogen-bond acceptors (Lipinski definition) is 4. The van der Waals surface area contributed by atoms with E-state index in [1.165, 1.54) is 9.20 Å². The predicted octanol–water partition coefficient (Wildman–Crippen LogP) is 4.25. The van der Waals surface area contributed by atoms with Crippen LogP contribution in [-0.4, -0.2) is 38.0 Å². The van der Waals surface area contributed by atoms with Gasteiger partial charge in [0.2, 0.25) is 15.9 Å². The van der Waals surface area contributed by atoms with Gasteiger partial charge in [-0.05, 0) is 55.0 Å². The van der Waals surface area contributed by atoms with Crippen molar-refractivity contribution in [3.8, 4) is 0 Å². The summed E-state index contributed by atoms with van der Waals surface area (Å²) in [6.07, 6.45) is 2.96. The minimum atomic E-state index is -3.45. The van der Waals surface area contributed by atoms with Gasteiger partial charge in [0.1, 0.15) is 0 Å². The lowest BCUT2D eigenvalue weighted by atomic mass is 10.1. The number of rotatable bonds is 10. The van der Waals surface area contributed by atoms with E-state index in [2.05, 4.69) is 17.4 Å². The van der Waals surface area contributed by atoms with Gasteiger partial charge in [0.05, 0.1) is 10.9 Å². The van der Waals surface area contributed by atoms with Crippen molar-refractivity contribution in [2.75, 3.05) is 19.3 Å². The smallest absolute Gasteiger partial charge is 0.243 e. The van der Waals surface area contributed by atoms with Crippen LogP contribution in [0.25, 0.3) is 0 Å². The molecule has 1 amide bonds. The summed E-state index contributed by atoms with van der Waals surface area (Å²) in [7, 11) is -3.45. The topological polar surface area (TPSA) is 66.5 Å². The molecule has 5 nitrogen and oxygen atoms in total. The van der Waals surface area contributed by atoms with E-state index in [0.29, 0.717) is 25.9 Å². The Balaban J connectivity index is 1.91. The van der Waals surface area contributed by atoms with Crippen molar-refractivity contribution in [3.05, 3.63) is 59.7 Å². The summed E-state index contributed by atoms with van der Waals surface area (Å²) < 4.78 is 26.5. The first kappa shape index (κ1) is 23.4. The minimum Gasteiger partial charge on any atom is -0.350 e. The van der Waals surface area contributed by atoms with Gasteiger partial charge in [0, 0.05) is 24.4 Å². The average Bonchev–Trinajstić information content (AvgIpc) is 2.73. The monoisotopic (exact) mass is 434 g/mol. The molecular weight excluding hydrogens is 404 g/mol. The highest BCUT2D eigenvalue weighted by atomic mass is 32.2. The zero-order valence-corrected chi connectivity index (χ0v) is 19.1. The molecule has 158 valence electrons. The Labute approximate surface area is 178 Å². The van der Waals surface area contributed by atoms with Gasteiger partial charge in [-0.15, -0.1) is 11.8 Å². The quantitative estimate of drug-likeness (QED) is 0.568. The lowest BCUT2D eigenvalue weighted by Gasteiger charge is -2.18. The van der Waals surface area contributed by atoms with Crippen molar-refractivity contribution in [3.63, 3.8) is 0 Å². The molecule has 7 heteroatoms. The highest BCUT2D eigenvalue weighted by Gasteiger charge is 2.21. The van der Waals surface area contributed by atoms with E-state index < -0.39 is 10.0 Å². The second kappa shape index (κ2) is 10.8. The normalized spacial score (nSPS) is 12.7. The van der Waals surface area contributed by atoms with Crippen LogP contribution in [0.3, 0.4) is 0 Å². The van der Waals surface area contributed by atoms with Crippen molar-refractivity contribution < 1.29 is 13.2 Å². The zero-order valence-electron chi connectivity index (χ0n) is 17.5. The number of benzene rings is 2. The van der Waals surface area contributed by atoms with Crippen LogP contribution in [0.4, 0.5) is 0 Å². The van der Waals surface area contributed by atoms with Crippen LogP contribution in [-0.2, 0) is 21.2 Å². The van der Waals surface area contributed by atoms with Crippen molar-refractivity contribution >= 4 is 27.7 Å². The second-order valence-electron chi connectivity index (χ2n) is 6.80. The maximum atomic E-state index is 12.5. The molecule has 2 rings (SSSR count). The minimum absolute atomic E-state index is 0.0220. The summed E-state index contributed by atoms with van der Waals surface area (Å²) in [5.41, 5.74) is 2.01. The molecule has 0 saturated heterocycles. The number of sulfonamides is 1. The van der Waals surface area contributed by atoms with Crippen molar-refractivity contribution in [1.29, 1.82) is 0 Å². The molecule has 0 aliphatic heterocycles. The predicted molar refractivity (Wildman–Crippen MR) is 120 cm³/mol. The van der Waals surface area contributed by atoms with Crippen molar-refractivity contribution in [2.45, 2.75) is 49.4 Å². The van der Waals surface area contributed by atoms with Gasteiger partial charge in [-0.25, -0.2) is 8.42 Å². The largest absolute Gasteiger partial charge is 0.350 e. The van der Waals surface area contributed by atoms with Crippen LogP contribution in [0.15, 0.2) is 58.3 Å². The van der Waals surface area contributed by atoms with Crippen molar-refractivity contribution in [1.82, 2.24) is 9.62 Å². The molecule has 0 heterocycles. The fourth-order valence-electron chi connectivity index (χ4n) is 3.09. The van der Waals surface area contributed by atoms with Crippen LogP contribution >= 0.6 is 11.8 Å². The molecular formula is C22H30N2O3S2. The number of nitrogens with one attached hydrogen (secondary N) is 1. The number of carbonyl (C=O) groups is 1. The van der Waals surface area contributed by atoms with Crippen LogP contribution < -0.4 is 5.32 Å². The molecule has 0 fully saturated rings. The highest BCUT2D eigenvalue weighted by molar-refractivity contribution is 7.98. The number of nitrogens with zero attached hydrogens (tertiary/aromatic N) is 1. The third-order valence-electron chi connectivity index (χ3n) is 4.90. The molecule has 0 aliphatic rings. The summed E-state index contributed by atoms with van der Waals surface area (Å²) in [6.45, 7) is 6.51. The van der Waals surface area contributed by atoms with E-state index in [1.54, 1.807) is 36.0 Å². The van der Waals surface area contributed by atoms with E-state index >= 15 is 0 Å². The van der Waals surface area contributed by atoms with E-state index in [0.717, 1.165) is 11.1 Å². The molecule has 2 aromatic carbocycles. The SMILES string of the molecule is CCN(CC)S(=O)(=O)c1ccc(CCC(=O)N[C@H](C)c2ccc(SC)cc2)cc1. The fraction of sp³-hybridized carbons (Fsp3) is 0.409. The van der Waals surface area contributed by atoms with E-state index in [4.69, 9.17) is 0 Å². The third-order valence-corrected chi connectivity index (χ3v) is 7.71. The summed E-state index contributed by atoms with van der Waals surface area (Å²) in [5.74, 6) is -0.0220. The second-order valence-corrected chi connectivity index (χ2v) is 9.61. The zero-order chi connectivity index (χ0) is 21.4. The Bertz CT molecular complexity index is 891. The Kier molecular flexibility index (Phi) is 8.74. The van der Waals surface area contributed by atoms with E-state index in [1.807, 2.05) is 39.2 Å². The summed E-state index contributed by atoms with van der Waals surface area (Å²) in [5, 5.41) is 3.02. The van der Waals surface area contributed by atoms with Crippen LogP contribution in [0.2, 0.25) is 0 Å². The van der Waals surface area contributed by atoms with Gasteiger partial charge in [-0.2, -0.15) is 4.31 Å². The molecule has 0 aromatic heterocycles. The molecule has 0 radical (unpaired) electrons. The lowest BCUT2D eigenvalue weighted by Crippen LogP contribution is -2.30. The Hall–Kier alpha value is -1.83. The highest BCUT2D eigenvalue weighted by Crippen LogP contribution is 2.20. The Morgan fingerprint density at radius 2 is 1.62 bits per heavy atom. The maximum Gasteiger partial charge on any atom is 0.243 e. The first-order valence-electron chi connectivity index (χ1n) is 9.84. The number of amides is 1. The fourth-order valence-corrected chi connectivity index (χ4v) is 4.95. The maximum absolute atomic E-state index is 12.5. The third kappa shape index (κ3) is 6.32. The lowest BCUT2D eigenvalue weighted by molar-refractivity contribution is -0.121. The number of thioether (sulfide) groups is 1. The van der Waals surface area contributed by atoms with Gasteiger partial charge in [-0.3, -0.25) is 4.79 Å². The van der Waals surface area contributed by atoms with Crippen LogP contribution in [0.5, 0.6) is 0 Å². The summed E-state index contributed by atoms with van der Waals surface area (Å²) in [4.78, 5) is 13.8. The molecule has 0 unspecified atom stereocenters. The van der Waals surface area contributed by atoms with Gasteiger partial charge in [-0.1, -0.05) is 38.1 Å². The molecule has 1 atom stereocenters. The number of hydrogen-bond donors (Lipinski definition) is 1. The van der Waals surface area contributed by atoms with E-state index in [9.17, 15) is 13.2 Å². The molecule has 1 N–H and O–H groups in total. The average molecular weight is 435 g/mol. The molecule has 0 aliphatic carbocycles. The number of carbonyl (C=O) groups excluding carboxylic acids is 1. The van der Waals surface area contributed by atoms with E-state index in [-0.39, 0.29) is 16.8 Å². The number of aryl methyl sites for hydroxylation is 1. The molecule has 0 saturated carbocycles. The molecule has 29 heavy (non-hydrogen) atoms. The molecule has 2 aromatic rings. The molecule has 0 bridgehead atoms. The first-order valence-corrected chi connectivity index (χ1v) is 12.5. The van der Waals surface area contributed by atoms with Crippen LogP contribution in [0, 0.1) is 0 Å². The van der Waals surface area contributed by atoms with Crippen molar-refractivity contribution in [2.24, 2.45) is 0 Å². The Morgan fingerprint density at radius 3 is 2.14 bits per heavy atom. The summed E-state index contributed by atoms with van der Waals surface area (Å²) >= 11 is 1.69. The van der Waals surface area contributed by atoms with Crippen LogP contribution in [0.1, 0.15) is 44.4 Å². The summed E-state index contributed by atoms with van der Waals surface area (Å²) in [6, 6.07) is 14.9. The standard InChI is InChI=1S/C22H30N2O3S2/c1-5-24(6-2)29(26,27)21-14-7-18(8-15-21)9-16-22(25)23-17(3)19-10-12-20(28-4)13-11-19/h7-8,10-15,17H,5-6,9,16H2,1-4H3,(H,23,25)/t17-/m1/s1. The van der Waals surface area contributed by atoms with Gasteiger partial charge < -0.3 is 5.32 Å². The first-order chi connectivity index (χ1) is 13.8. The van der Waals surface area contributed by atoms with Gasteiger partial charge >= 0.3 is 0 Å².